The first-order valence-corrected chi connectivity index (χ1v) is 3.69. The van der Waals surface area contributed by atoms with Crippen molar-refractivity contribution in [2.24, 2.45) is 0 Å². The number of alkyl halides is 2. The van der Waals surface area contributed by atoms with Crippen LogP contribution in [0.5, 0.6) is 0 Å². The van der Waals surface area contributed by atoms with Crippen molar-refractivity contribution >= 4 is 0 Å². The largest absolute Gasteiger partial charge is 0.249 e. The summed E-state index contributed by atoms with van der Waals surface area (Å²) in [6.45, 7) is 0. The number of nitrogens with one attached hydrogen (secondary N) is 3. The van der Waals surface area contributed by atoms with Crippen molar-refractivity contribution in [2.75, 3.05) is 7.05 Å². The molecule has 3 nitrogen and oxygen atoms in total. The number of hydrogen-bond acceptors (Lipinski definition) is 3. The molecule has 1 aliphatic carbocycles. The van der Waals surface area contributed by atoms with Crippen LogP contribution in [0, 0.1) is 0 Å². The van der Waals surface area contributed by atoms with Gasteiger partial charge in [0.2, 0.25) is 5.92 Å². The third-order valence-electron chi connectivity index (χ3n) is 1.80. The highest BCUT2D eigenvalue weighted by atomic mass is 19.3. The molecule has 0 aromatic carbocycles. The van der Waals surface area contributed by atoms with Crippen LogP contribution < -0.4 is 16.4 Å². The van der Waals surface area contributed by atoms with E-state index in [0.717, 1.165) is 0 Å². The van der Waals surface area contributed by atoms with Crippen LogP contribution in [0.2, 0.25) is 0 Å². The van der Waals surface area contributed by atoms with Gasteiger partial charge in [-0.05, 0) is 13.5 Å². The Morgan fingerprint density at radius 1 is 1.45 bits per heavy atom. The second kappa shape index (κ2) is 3.42. The molecule has 0 heterocycles. The van der Waals surface area contributed by atoms with Crippen molar-refractivity contribution in [3.8, 4) is 0 Å². The molecule has 5 heteroatoms. The van der Waals surface area contributed by atoms with Gasteiger partial charge in [-0.25, -0.2) is 19.6 Å². The minimum atomic E-state index is -2.47. The SMILES string of the molecule is CNNN[C@H]1CCC(F)(F)C1. The smallest absolute Gasteiger partial charge is 0.247 e. The zero-order chi connectivity index (χ0) is 8.32. The summed E-state index contributed by atoms with van der Waals surface area (Å²) in [5.74, 6) is -2.47. The fourth-order valence-electron chi connectivity index (χ4n) is 1.25. The van der Waals surface area contributed by atoms with Crippen LogP contribution in [0.25, 0.3) is 0 Å². The number of rotatable bonds is 3. The van der Waals surface area contributed by atoms with Crippen molar-refractivity contribution in [3.05, 3.63) is 0 Å². The molecule has 0 spiro atoms. The van der Waals surface area contributed by atoms with E-state index in [0.29, 0.717) is 6.42 Å². The Morgan fingerprint density at radius 2 is 2.18 bits per heavy atom. The van der Waals surface area contributed by atoms with E-state index in [-0.39, 0.29) is 18.9 Å². The predicted molar refractivity (Wildman–Crippen MR) is 37.9 cm³/mol. The van der Waals surface area contributed by atoms with E-state index in [9.17, 15) is 8.78 Å². The van der Waals surface area contributed by atoms with Crippen LogP contribution in [-0.2, 0) is 0 Å². The van der Waals surface area contributed by atoms with Crippen molar-refractivity contribution in [2.45, 2.75) is 31.2 Å². The molecule has 0 amide bonds. The van der Waals surface area contributed by atoms with Crippen LogP contribution in [0.15, 0.2) is 0 Å². The normalized spacial score (nSPS) is 29.2. The van der Waals surface area contributed by atoms with E-state index < -0.39 is 5.92 Å². The first kappa shape index (κ1) is 8.83. The van der Waals surface area contributed by atoms with Crippen molar-refractivity contribution in [1.82, 2.24) is 16.4 Å². The fourth-order valence-corrected chi connectivity index (χ4v) is 1.25. The van der Waals surface area contributed by atoms with Gasteiger partial charge in [0.15, 0.2) is 0 Å². The summed E-state index contributed by atoms with van der Waals surface area (Å²) in [7, 11) is 1.68. The van der Waals surface area contributed by atoms with Crippen molar-refractivity contribution in [1.29, 1.82) is 0 Å². The zero-order valence-electron chi connectivity index (χ0n) is 6.45. The Labute approximate surface area is 64.5 Å². The Hall–Kier alpha value is -0.260. The summed E-state index contributed by atoms with van der Waals surface area (Å²) >= 11 is 0. The van der Waals surface area contributed by atoms with Crippen LogP contribution in [-0.4, -0.2) is 19.0 Å². The van der Waals surface area contributed by atoms with Gasteiger partial charge in [0.05, 0.1) is 0 Å². The maximum absolute atomic E-state index is 12.5. The fraction of sp³-hybridized carbons (Fsp3) is 1.00. The molecule has 0 aromatic heterocycles. The molecule has 1 rings (SSSR count). The number of hydrazine groups is 2. The minimum absolute atomic E-state index is 0.00391. The Kier molecular flexibility index (Phi) is 2.75. The predicted octanol–water partition coefficient (Wildman–Crippen LogP) is 0.403. The van der Waals surface area contributed by atoms with Gasteiger partial charge in [-0.15, -0.1) is 0 Å². The first-order valence-electron chi connectivity index (χ1n) is 3.69. The average molecular weight is 165 g/mol. The maximum atomic E-state index is 12.5. The molecule has 0 unspecified atom stereocenters. The summed E-state index contributed by atoms with van der Waals surface area (Å²) in [4.78, 5) is 0. The molecule has 0 radical (unpaired) electrons. The van der Waals surface area contributed by atoms with Gasteiger partial charge in [-0.2, -0.15) is 5.53 Å². The molecule has 1 saturated carbocycles. The third-order valence-corrected chi connectivity index (χ3v) is 1.80. The molecule has 66 valence electrons. The Bertz CT molecular complexity index is 129. The van der Waals surface area contributed by atoms with E-state index in [1.165, 1.54) is 0 Å². The van der Waals surface area contributed by atoms with E-state index in [1.807, 2.05) is 0 Å². The lowest BCUT2D eigenvalue weighted by Crippen LogP contribution is -2.46. The molecule has 0 saturated heterocycles. The van der Waals surface area contributed by atoms with Crippen LogP contribution in [0.1, 0.15) is 19.3 Å². The minimum Gasteiger partial charge on any atom is -0.247 e. The van der Waals surface area contributed by atoms with Gasteiger partial charge in [0.1, 0.15) is 0 Å². The monoisotopic (exact) mass is 165 g/mol. The second-order valence-corrected chi connectivity index (χ2v) is 2.82. The molecule has 1 fully saturated rings. The standard InChI is InChI=1S/C6H13F2N3/c1-9-11-10-5-2-3-6(7,8)4-5/h5,9-11H,2-4H2,1H3/t5-/m0/s1. The van der Waals surface area contributed by atoms with E-state index in [2.05, 4.69) is 16.4 Å². The highest BCUT2D eigenvalue weighted by Crippen LogP contribution is 2.34. The molecular weight excluding hydrogens is 152 g/mol. The summed E-state index contributed by atoms with van der Waals surface area (Å²) in [6, 6.07) is -0.113. The molecule has 11 heavy (non-hydrogen) atoms. The molecule has 1 aliphatic rings. The Balaban J connectivity index is 2.20. The summed E-state index contributed by atoms with van der Waals surface area (Å²) in [6.07, 6.45) is 0.458. The Morgan fingerprint density at radius 3 is 2.64 bits per heavy atom. The molecule has 0 bridgehead atoms. The summed E-state index contributed by atoms with van der Waals surface area (Å²) in [5, 5.41) is 0. The van der Waals surface area contributed by atoms with Gasteiger partial charge in [-0.1, -0.05) is 0 Å². The first-order chi connectivity index (χ1) is 5.14. The third kappa shape index (κ3) is 2.69. The van der Waals surface area contributed by atoms with Gasteiger partial charge in [0, 0.05) is 18.9 Å². The maximum Gasteiger partial charge on any atom is 0.249 e. The van der Waals surface area contributed by atoms with Crippen LogP contribution in [0.3, 0.4) is 0 Å². The van der Waals surface area contributed by atoms with E-state index in [1.54, 1.807) is 7.05 Å². The zero-order valence-corrected chi connectivity index (χ0v) is 6.45. The highest BCUT2D eigenvalue weighted by Gasteiger charge is 2.39. The molecule has 0 aromatic rings. The van der Waals surface area contributed by atoms with E-state index >= 15 is 0 Å². The second-order valence-electron chi connectivity index (χ2n) is 2.82. The summed E-state index contributed by atoms with van der Waals surface area (Å²) < 4.78 is 25.1. The topological polar surface area (TPSA) is 36.1 Å². The van der Waals surface area contributed by atoms with E-state index in [4.69, 9.17) is 0 Å². The highest BCUT2D eigenvalue weighted by molar-refractivity contribution is 4.84. The van der Waals surface area contributed by atoms with Gasteiger partial charge in [-0.3, -0.25) is 0 Å². The number of halogens is 2. The summed E-state index contributed by atoms with van der Waals surface area (Å²) in [5.41, 5.74) is 7.96. The molecule has 0 aliphatic heterocycles. The van der Waals surface area contributed by atoms with Gasteiger partial charge < -0.3 is 0 Å². The van der Waals surface area contributed by atoms with Crippen molar-refractivity contribution in [3.63, 3.8) is 0 Å². The lowest BCUT2D eigenvalue weighted by Gasteiger charge is -2.12. The average Bonchev–Trinajstić information content (AvgIpc) is 2.26. The molecule has 1 atom stereocenters. The quantitative estimate of drug-likeness (QED) is 0.530. The van der Waals surface area contributed by atoms with Crippen LogP contribution >= 0.6 is 0 Å². The molecular formula is C6H13F2N3. The number of hydrogen-bond donors (Lipinski definition) is 3. The lowest BCUT2D eigenvalue weighted by molar-refractivity contribution is 0.00633. The van der Waals surface area contributed by atoms with Crippen molar-refractivity contribution < 1.29 is 8.78 Å². The van der Waals surface area contributed by atoms with Gasteiger partial charge in [0.25, 0.3) is 0 Å². The molecule has 3 N–H and O–H groups in total. The lowest BCUT2D eigenvalue weighted by atomic mass is 10.3. The van der Waals surface area contributed by atoms with Crippen LogP contribution in [0.4, 0.5) is 8.78 Å². The van der Waals surface area contributed by atoms with Gasteiger partial charge >= 0.3 is 0 Å².